The summed E-state index contributed by atoms with van der Waals surface area (Å²) in [5.74, 6) is 0. The molecule has 0 bridgehead atoms. The maximum atomic E-state index is 9.53. The van der Waals surface area contributed by atoms with Gasteiger partial charge in [-0.1, -0.05) is 59.3 Å². The van der Waals surface area contributed by atoms with Crippen LogP contribution in [0.25, 0.3) is 0 Å². The van der Waals surface area contributed by atoms with E-state index in [1.54, 1.807) is 0 Å². The standard InChI is InChI=1S/3C4H9O.Gd.H2O/c3*1-2-3-4-5;;/h3*2-4H2,1H3;;1H2/q3*-1;+3;. The Labute approximate surface area is 139 Å². The first-order chi connectivity index (χ1) is 7.24. The van der Waals surface area contributed by atoms with Crippen molar-refractivity contribution in [3.05, 3.63) is 0 Å². The summed E-state index contributed by atoms with van der Waals surface area (Å²) < 4.78 is 0. The smallest absolute Gasteiger partial charge is 0.854 e. The molecule has 0 aliphatic heterocycles. The average molecular weight is 395 g/mol. The average Bonchev–Trinajstić information content (AvgIpc) is 2.23. The fourth-order valence-corrected chi connectivity index (χ4v) is 0.433. The Morgan fingerprint density at radius 3 is 0.765 bits per heavy atom. The van der Waals surface area contributed by atoms with Crippen LogP contribution in [-0.4, -0.2) is 25.3 Å². The van der Waals surface area contributed by atoms with Crippen molar-refractivity contribution >= 4 is 0 Å². The van der Waals surface area contributed by atoms with Gasteiger partial charge in [0.1, 0.15) is 0 Å². The van der Waals surface area contributed by atoms with Crippen LogP contribution in [0.5, 0.6) is 0 Å². The van der Waals surface area contributed by atoms with E-state index in [0.29, 0.717) is 0 Å². The zero-order valence-electron chi connectivity index (χ0n) is 11.4. The summed E-state index contributed by atoms with van der Waals surface area (Å²) in [7, 11) is 0. The molecule has 0 aliphatic carbocycles. The van der Waals surface area contributed by atoms with Crippen LogP contribution in [0.4, 0.5) is 0 Å². The molecule has 4 nitrogen and oxygen atoms in total. The van der Waals surface area contributed by atoms with Gasteiger partial charge in [0.25, 0.3) is 0 Å². The quantitative estimate of drug-likeness (QED) is 0.613. The molecule has 2 N–H and O–H groups in total. The molecule has 0 aliphatic rings. The van der Waals surface area contributed by atoms with E-state index in [2.05, 4.69) is 0 Å². The monoisotopic (exact) mass is 395 g/mol. The third-order valence-electron chi connectivity index (χ3n) is 1.49. The Bertz CT molecular complexity index is 55.3. The second-order valence-corrected chi connectivity index (χ2v) is 3.17. The third kappa shape index (κ3) is 76.9. The van der Waals surface area contributed by atoms with Gasteiger partial charge in [-0.3, -0.25) is 0 Å². The Balaban J connectivity index is -0.0000000400. The number of hydrogen-bond donors (Lipinski definition) is 0. The molecule has 109 valence electrons. The van der Waals surface area contributed by atoms with E-state index in [-0.39, 0.29) is 65.2 Å². The van der Waals surface area contributed by atoms with Gasteiger partial charge in [0.2, 0.25) is 0 Å². The van der Waals surface area contributed by atoms with Gasteiger partial charge in [-0.2, -0.15) is 0 Å². The van der Waals surface area contributed by atoms with Crippen molar-refractivity contribution in [3.63, 3.8) is 0 Å². The molecule has 0 rings (SSSR count). The molecule has 0 atom stereocenters. The second-order valence-electron chi connectivity index (χ2n) is 3.17. The van der Waals surface area contributed by atoms with E-state index in [1.807, 2.05) is 20.8 Å². The molecule has 0 aromatic carbocycles. The second kappa shape index (κ2) is 43.4. The molecule has 5 heteroatoms. The van der Waals surface area contributed by atoms with Crippen LogP contribution in [0.3, 0.4) is 0 Å². The largest absolute Gasteiger partial charge is 3.00 e. The fourth-order valence-electron chi connectivity index (χ4n) is 0.433. The van der Waals surface area contributed by atoms with Crippen molar-refractivity contribution in [3.8, 4) is 0 Å². The van der Waals surface area contributed by atoms with Gasteiger partial charge in [-0.05, 0) is 0 Å². The molecule has 0 heterocycles. The van der Waals surface area contributed by atoms with Gasteiger partial charge in [-0.15, -0.1) is 19.8 Å². The minimum absolute atomic E-state index is 0. The van der Waals surface area contributed by atoms with Crippen LogP contribution in [0.2, 0.25) is 0 Å². The summed E-state index contributed by atoms with van der Waals surface area (Å²) in [6.07, 6.45) is 5.59. The summed E-state index contributed by atoms with van der Waals surface area (Å²) in [6, 6.07) is 0. The predicted molar refractivity (Wildman–Crippen MR) is 62.9 cm³/mol. The molecule has 17 heavy (non-hydrogen) atoms. The van der Waals surface area contributed by atoms with Crippen LogP contribution in [0.15, 0.2) is 0 Å². The summed E-state index contributed by atoms with van der Waals surface area (Å²) >= 11 is 0. The fraction of sp³-hybridized carbons (Fsp3) is 1.00. The molecule has 1 radical (unpaired) electrons. The van der Waals surface area contributed by atoms with Gasteiger partial charge in [-0.25, -0.2) is 0 Å². The zero-order valence-corrected chi connectivity index (χ0v) is 13.7. The molecule has 0 aromatic heterocycles. The number of unbranched alkanes of at least 4 members (excludes halogenated alkanes) is 3. The van der Waals surface area contributed by atoms with Gasteiger partial charge < -0.3 is 20.8 Å². The SMILES string of the molecule is CCCC[O-].CCCC[O-].CCCC[O-].O.[Gd+3]. The minimum Gasteiger partial charge on any atom is -0.854 e. The van der Waals surface area contributed by atoms with Crippen LogP contribution in [0, 0.1) is 39.9 Å². The molecule has 0 aromatic rings. The van der Waals surface area contributed by atoms with Crippen molar-refractivity contribution < 1.29 is 60.7 Å². The van der Waals surface area contributed by atoms with Crippen LogP contribution in [-0.2, 0) is 0 Å². The number of hydrogen-bond acceptors (Lipinski definition) is 3. The Morgan fingerprint density at radius 2 is 0.765 bits per heavy atom. The first kappa shape index (κ1) is 30.9. The Hall–Kier alpha value is 1.16. The maximum absolute atomic E-state index is 9.53. The molecular formula is C12H29GdO4. The normalized spacial score (nSPS) is 7.41. The van der Waals surface area contributed by atoms with Crippen molar-refractivity contribution in [1.82, 2.24) is 0 Å². The minimum atomic E-state index is 0. The first-order valence-corrected chi connectivity index (χ1v) is 5.99. The Kier molecular flexibility index (Phi) is 78.9. The van der Waals surface area contributed by atoms with Crippen LogP contribution >= 0.6 is 0 Å². The van der Waals surface area contributed by atoms with Crippen LogP contribution in [0.1, 0.15) is 59.3 Å². The summed E-state index contributed by atoms with van der Waals surface area (Å²) in [5, 5.41) is 28.6. The topological polar surface area (TPSA) is 101 Å². The third-order valence-corrected chi connectivity index (χ3v) is 1.49. The van der Waals surface area contributed by atoms with Crippen molar-refractivity contribution in [2.45, 2.75) is 59.3 Å². The summed E-state index contributed by atoms with van der Waals surface area (Å²) in [5.41, 5.74) is 0. The summed E-state index contributed by atoms with van der Waals surface area (Å²) in [4.78, 5) is 0. The predicted octanol–water partition coefficient (Wildman–Crippen LogP) is -0.384. The molecule has 0 saturated heterocycles. The van der Waals surface area contributed by atoms with E-state index >= 15 is 0 Å². The molecule has 0 saturated carbocycles. The zero-order chi connectivity index (χ0) is 12.4. The maximum Gasteiger partial charge on any atom is 3.00 e. The van der Waals surface area contributed by atoms with Gasteiger partial charge >= 0.3 is 39.9 Å². The van der Waals surface area contributed by atoms with E-state index in [0.717, 1.165) is 38.5 Å². The van der Waals surface area contributed by atoms with Crippen molar-refractivity contribution in [2.75, 3.05) is 19.8 Å². The van der Waals surface area contributed by atoms with Gasteiger partial charge in [0, 0.05) is 0 Å². The van der Waals surface area contributed by atoms with Crippen LogP contribution < -0.4 is 15.3 Å². The first-order valence-electron chi connectivity index (χ1n) is 5.99. The van der Waals surface area contributed by atoms with Crippen molar-refractivity contribution in [2.24, 2.45) is 0 Å². The van der Waals surface area contributed by atoms with E-state index < -0.39 is 0 Å². The van der Waals surface area contributed by atoms with Crippen molar-refractivity contribution in [1.29, 1.82) is 0 Å². The Morgan fingerprint density at radius 1 is 0.588 bits per heavy atom. The van der Waals surface area contributed by atoms with Gasteiger partial charge in [0.05, 0.1) is 0 Å². The van der Waals surface area contributed by atoms with E-state index in [1.165, 1.54) is 0 Å². The molecule has 0 unspecified atom stereocenters. The van der Waals surface area contributed by atoms with E-state index in [4.69, 9.17) is 0 Å². The molecule has 0 spiro atoms. The molecule has 0 amide bonds. The molecule has 0 fully saturated rings. The molecular weight excluding hydrogens is 365 g/mol. The van der Waals surface area contributed by atoms with E-state index in [9.17, 15) is 15.3 Å². The number of rotatable bonds is 6. The van der Waals surface area contributed by atoms with Gasteiger partial charge in [0.15, 0.2) is 0 Å². The summed E-state index contributed by atoms with van der Waals surface area (Å²) in [6.45, 7) is 6.32.